The van der Waals surface area contributed by atoms with Crippen molar-refractivity contribution >= 4 is 11.8 Å². The lowest BCUT2D eigenvalue weighted by molar-refractivity contribution is -0.00681. The fourth-order valence-corrected chi connectivity index (χ4v) is 3.50. The quantitative estimate of drug-likeness (QED) is 0.716. The van der Waals surface area contributed by atoms with Crippen molar-refractivity contribution in [1.82, 2.24) is 5.32 Å². The van der Waals surface area contributed by atoms with E-state index in [1.807, 2.05) is 30.3 Å². The van der Waals surface area contributed by atoms with Gasteiger partial charge in [0.05, 0.1) is 48.8 Å². The molecule has 0 saturated heterocycles. The van der Waals surface area contributed by atoms with E-state index in [0.29, 0.717) is 42.0 Å². The van der Waals surface area contributed by atoms with Crippen LogP contribution in [0.15, 0.2) is 24.3 Å². The van der Waals surface area contributed by atoms with E-state index in [-0.39, 0.29) is 6.23 Å². The molecule has 3 rings (SSSR count). The Morgan fingerprint density at radius 2 is 1.45 bits per heavy atom. The van der Waals surface area contributed by atoms with Crippen molar-refractivity contribution in [3.05, 3.63) is 41.0 Å². The van der Waals surface area contributed by atoms with Gasteiger partial charge in [-0.1, -0.05) is 6.07 Å². The first-order valence-electron chi connectivity index (χ1n) is 9.73. The molecule has 168 valence electrons. The van der Waals surface area contributed by atoms with Crippen LogP contribution in [0.4, 0.5) is 0 Å². The topological polar surface area (TPSA) is 76.6 Å². The fourth-order valence-electron chi connectivity index (χ4n) is 3.50. The van der Waals surface area contributed by atoms with Crippen molar-refractivity contribution in [2.24, 2.45) is 0 Å². The molecular weight excluding hydrogens is 402 g/mol. The van der Waals surface area contributed by atoms with E-state index < -0.39 is 0 Å². The Morgan fingerprint density at radius 3 is 2.00 bits per heavy atom. The lowest BCUT2D eigenvalue weighted by Gasteiger charge is -2.21. The summed E-state index contributed by atoms with van der Waals surface area (Å²) in [4.78, 5) is 0. The molecule has 31 heavy (non-hydrogen) atoms. The predicted molar refractivity (Wildman–Crippen MR) is 117 cm³/mol. The second-order valence-corrected chi connectivity index (χ2v) is 6.72. The third-order valence-electron chi connectivity index (χ3n) is 5.08. The van der Waals surface area contributed by atoms with Gasteiger partial charge in [0.25, 0.3) is 0 Å². The molecule has 8 heteroatoms. The highest BCUT2D eigenvalue weighted by molar-refractivity contribution is 5.84. The number of hydrogen-bond donors (Lipinski definition) is 1. The summed E-state index contributed by atoms with van der Waals surface area (Å²) in [6, 6.07) is 7.59. The standard InChI is InChI=1S/C23H29NO7/c1-25-18-8-7-14-9-17(15-10-19(26-2)23(30-6)20(11-15)27-3)24-21(28-4)13-31-12-16(14)22(18)29-5/h7-11,21,24H,12-13H2,1-6H3/b17-9-. The molecule has 0 radical (unpaired) electrons. The first-order valence-corrected chi connectivity index (χ1v) is 9.73. The molecule has 1 aliphatic rings. The highest BCUT2D eigenvalue weighted by Gasteiger charge is 2.21. The number of methoxy groups -OCH3 is 6. The van der Waals surface area contributed by atoms with Crippen molar-refractivity contribution in [2.45, 2.75) is 12.8 Å². The second-order valence-electron chi connectivity index (χ2n) is 6.72. The van der Waals surface area contributed by atoms with E-state index in [9.17, 15) is 0 Å². The molecule has 1 N–H and O–H groups in total. The van der Waals surface area contributed by atoms with Crippen molar-refractivity contribution in [2.75, 3.05) is 49.3 Å². The van der Waals surface area contributed by atoms with Crippen LogP contribution in [0, 0.1) is 0 Å². The van der Waals surface area contributed by atoms with Gasteiger partial charge in [-0.05, 0) is 29.8 Å². The maximum Gasteiger partial charge on any atom is 0.203 e. The number of rotatable bonds is 7. The van der Waals surface area contributed by atoms with Crippen molar-refractivity contribution in [1.29, 1.82) is 0 Å². The van der Waals surface area contributed by atoms with Gasteiger partial charge in [0.15, 0.2) is 29.2 Å². The van der Waals surface area contributed by atoms with Gasteiger partial charge in [0.1, 0.15) is 0 Å². The number of hydrogen-bond acceptors (Lipinski definition) is 8. The Kier molecular flexibility index (Phi) is 7.49. The zero-order chi connectivity index (χ0) is 22.4. The molecule has 1 unspecified atom stereocenters. The minimum Gasteiger partial charge on any atom is -0.493 e. The maximum absolute atomic E-state index is 5.91. The predicted octanol–water partition coefficient (Wildman–Crippen LogP) is 3.32. The summed E-state index contributed by atoms with van der Waals surface area (Å²) < 4.78 is 39.1. The maximum atomic E-state index is 5.91. The van der Waals surface area contributed by atoms with Crippen LogP contribution in [0.1, 0.15) is 16.7 Å². The molecule has 0 fully saturated rings. The summed E-state index contributed by atoms with van der Waals surface area (Å²) in [5.74, 6) is 2.91. The van der Waals surface area contributed by atoms with Gasteiger partial charge >= 0.3 is 0 Å². The SMILES string of the molecule is COc1cc(/C2=C/c3ccc(OC)c(OC)c3COCC(OC)N2)cc(OC)c1OC. The van der Waals surface area contributed by atoms with Crippen molar-refractivity contribution in [3.8, 4) is 28.7 Å². The zero-order valence-electron chi connectivity index (χ0n) is 18.7. The molecule has 0 spiro atoms. The number of fused-ring (bicyclic) bond motifs is 1. The van der Waals surface area contributed by atoms with Gasteiger partial charge in [-0.3, -0.25) is 0 Å². The van der Waals surface area contributed by atoms with E-state index >= 15 is 0 Å². The summed E-state index contributed by atoms with van der Waals surface area (Å²) in [6.07, 6.45) is 1.64. The van der Waals surface area contributed by atoms with Crippen LogP contribution in [0.2, 0.25) is 0 Å². The third-order valence-corrected chi connectivity index (χ3v) is 5.08. The molecule has 0 saturated carbocycles. The Morgan fingerprint density at radius 1 is 0.806 bits per heavy atom. The van der Waals surface area contributed by atoms with Gasteiger partial charge in [-0.15, -0.1) is 0 Å². The van der Waals surface area contributed by atoms with Gasteiger partial charge < -0.3 is 38.5 Å². The van der Waals surface area contributed by atoms with Crippen LogP contribution in [0.3, 0.4) is 0 Å². The van der Waals surface area contributed by atoms with Crippen LogP contribution >= 0.6 is 0 Å². The molecule has 1 atom stereocenters. The Hall–Kier alpha value is -3.10. The molecule has 1 heterocycles. The molecule has 8 nitrogen and oxygen atoms in total. The van der Waals surface area contributed by atoms with E-state index in [0.717, 1.165) is 22.4 Å². The molecule has 2 aromatic carbocycles. The number of ether oxygens (including phenoxy) is 7. The molecule has 0 aromatic heterocycles. The number of benzene rings is 2. The van der Waals surface area contributed by atoms with Crippen LogP contribution < -0.4 is 29.0 Å². The first kappa shape index (κ1) is 22.6. The molecular formula is C23H29NO7. The first-order chi connectivity index (χ1) is 15.1. The Labute approximate surface area is 182 Å². The minimum atomic E-state index is -0.368. The summed E-state index contributed by atoms with van der Waals surface area (Å²) in [5.41, 5.74) is 3.43. The summed E-state index contributed by atoms with van der Waals surface area (Å²) >= 11 is 0. The minimum absolute atomic E-state index is 0.331. The smallest absolute Gasteiger partial charge is 0.203 e. The van der Waals surface area contributed by atoms with Crippen LogP contribution in [0.25, 0.3) is 11.8 Å². The molecule has 0 aliphatic carbocycles. The zero-order valence-corrected chi connectivity index (χ0v) is 18.7. The van der Waals surface area contributed by atoms with Crippen LogP contribution in [-0.2, 0) is 16.1 Å². The molecule has 0 bridgehead atoms. The number of nitrogens with one attached hydrogen (secondary N) is 1. The van der Waals surface area contributed by atoms with Gasteiger partial charge in [-0.25, -0.2) is 0 Å². The van der Waals surface area contributed by atoms with Crippen molar-refractivity contribution < 1.29 is 33.2 Å². The molecule has 2 aromatic rings. The highest BCUT2D eigenvalue weighted by atomic mass is 16.5. The van der Waals surface area contributed by atoms with E-state index in [1.54, 1.807) is 42.7 Å². The largest absolute Gasteiger partial charge is 0.493 e. The Balaban J connectivity index is 2.21. The fraction of sp³-hybridized carbons (Fsp3) is 0.391. The summed E-state index contributed by atoms with van der Waals surface area (Å²) in [7, 11) is 9.60. The van der Waals surface area contributed by atoms with Crippen LogP contribution in [0.5, 0.6) is 28.7 Å². The normalized spacial score (nSPS) is 17.6. The Bertz CT molecular complexity index is 917. The molecule has 0 amide bonds. The average Bonchev–Trinajstić information content (AvgIpc) is 2.90. The van der Waals surface area contributed by atoms with E-state index in [1.165, 1.54) is 0 Å². The lowest BCUT2D eigenvalue weighted by Crippen LogP contribution is -2.33. The summed E-state index contributed by atoms with van der Waals surface area (Å²) in [5, 5.41) is 3.40. The van der Waals surface area contributed by atoms with Gasteiger partial charge in [0.2, 0.25) is 5.75 Å². The summed E-state index contributed by atoms with van der Waals surface area (Å²) in [6.45, 7) is 0.675. The third kappa shape index (κ3) is 4.65. The monoisotopic (exact) mass is 431 g/mol. The lowest BCUT2D eigenvalue weighted by atomic mass is 10.0. The van der Waals surface area contributed by atoms with E-state index in [4.69, 9.17) is 33.2 Å². The second kappa shape index (κ2) is 10.3. The van der Waals surface area contributed by atoms with Crippen molar-refractivity contribution in [3.63, 3.8) is 0 Å². The highest BCUT2D eigenvalue weighted by Crippen LogP contribution is 2.41. The van der Waals surface area contributed by atoms with Gasteiger partial charge in [0, 0.05) is 23.9 Å². The van der Waals surface area contributed by atoms with E-state index in [2.05, 4.69) is 5.32 Å². The van der Waals surface area contributed by atoms with Crippen LogP contribution in [-0.4, -0.2) is 55.5 Å². The average molecular weight is 431 g/mol. The molecule has 1 aliphatic heterocycles. The van der Waals surface area contributed by atoms with Gasteiger partial charge in [-0.2, -0.15) is 0 Å².